The van der Waals surface area contributed by atoms with Crippen LogP contribution in [0.5, 0.6) is 5.88 Å². The molecule has 2 aromatic rings. The summed E-state index contributed by atoms with van der Waals surface area (Å²) in [7, 11) is -3.72. The summed E-state index contributed by atoms with van der Waals surface area (Å²) in [5, 5.41) is 2.82. The monoisotopic (exact) mass is 447 g/mol. The van der Waals surface area contributed by atoms with Crippen LogP contribution < -0.4 is 10.1 Å². The predicted molar refractivity (Wildman–Crippen MR) is 116 cm³/mol. The van der Waals surface area contributed by atoms with Gasteiger partial charge in [-0.1, -0.05) is 19.1 Å². The van der Waals surface area contributed by atoms with Crippen molar-refractivity contribution < 1.29 is 22.7 Å². The molecule has 0 aliphatic carbocycles. The molecule has 1 aliphatic rings. The van der Waals surface area contributed by atoms with Crippen molar-refractivity contribution in [2.45, 2.75) is 50.8 Å². The van der Waals surface area contributed by atoms with Crippen LogP contribution in [0.3, 0.4) is 0 Å². The number of nitrogens with one attached hydrogen (secondary N) is 1. The zero-order chi connectivity index (χ0) is 22.4. The molecule has 8 nitrogen and oxygen atoms in total. The van der Waals surface area contributed by atoms with Gasteiger partial charge < -0.3 is 14.8 Å². The van der Waals surface area contributed by atoms with Crippen LogP contribution in [0.1, 0.15) is 43.1 Å². The van der Waals surface area contributed by atoms with E-state index in [1.165, 1.54) is 16.4 Å². The second kappa shape index (κ2) is 10.2. The first-order valence-corrected chi connectivity index (χ1v) is 11.9. The fourth-order valence-corrected chi connectivity index (χ4v) is 5.08. The Morgan fingerprint density at radius 2 is 1.97 bits per heavy atom. The number of sulfonamides is 1. The smallest absolute Gasteiger partial charge is 0.251 e. The summed E-state index contributed by atoms with van der Waals surface area (Å²) >= 11 is 0. The van der Waals surface area contributed by atoms with Crippen molar-refractivity contribution in [1.82, 2.24) is 14.6 Å². The van der Waals surface area contributed by atoms with Gasteiger partial charge in [0.1, 0.15) is 0 Å². The van der Waals surface area contributed by atoms with Crippen molar-refractivity contribution >= 4 is 15.9 Å². The van der Waals surface area contributed by atoms with Gasteiger partial charge >= 0.3 is 0 Å². The third kappa shape index (κ3) is 5.81. The van der Waals surface area contributed by atoms with Crippen molar-refractivity contribution in [2.24, 2.45) is 0 Å². The summed E-state index contributed by atoms with van der Waals surface area (Å²) in [6, 6.07) is 9.70. The quantitative estimate of drug-likeness (QED) is 0.668. The molecule has 1 saturated heterocycles. The Kier molecular flexibility index (Phi) is 7.64. The van der Waals surface area contributed by atoms with E-state index in [0.29, 0.717) is 12.5 Å². The third-order valence-corrected chi connectivity index (χ3v) is 6.68. The molecule has 1 aromatic heterocycles. The Morgan fingerprint density at radius 3 is 2.68 bits per heavy atom. The van der Waals surface area contributed by atoms with E-state index >= 15 is 0 Å². The zero-order valence-corrected chi connectivity index (χ0v) is 18.9. The molecule has 31 heavy (non-hydrogen) atoms. The first-order chi connectivity index (χ1) is 14.8. The van der Waals surface area contributed by atoms with E-state index in [9.17, 15) is 13.2 Å². The maximum atomic E-state index is 13.1. The molecule has 1 N–H and O–H groups in total. The van der Waals surface area contributed by atoms with Crippen molar-refractivity contribution in [3.63, 3.8) is 0 Å². The van der Waals surface area contributed by atoms with Gasteiger partial charge in [0.25, 0.3) is 5.91 Å². The number of hydrogen-bond donors (Lipinski definition) is 1. The second-order valence-electron chi connectivity index (χ2n) is 7.61. The number of hydrogen-bond acceptors (Lipinski definition) is 6. The molecular weight excluding hydrogens is 418 g/mol. The molecule has 1 aromatic carbocycles. The van der Waals surface area contributed by atoms with Crippen LogP contribution >= 0.6 is 0 Å². The van der Waals surface area contributed by atoms with Gasteiger partial charge in [-0.3, -0.25) is 4.79 Å². The Balaban J connectivity index is 1.72. The highest BCUT2D eigenvalue weighted by Crippen LogP contribution is 2.22. The molecule has 2 unspecified atom stereocenters. The van der Waals surface area contributed by atoms with Crippen molar-refractivity contribution in [1.29, 1.82) is 0 Å². The molecule has 0 spiro atoms. The Labute approximate surface area is 183 Å². The van der Waals surface area contributed by atoms with E-state index < -0.39 is 10.0 Å². The van der Waals surface area contributed by atoms with Gasteiger partial charge in [0.05, 0.1) is 23.7 Å². The Bertz CT molecular complexity index is 1000. The summed E-state index contributed by atoms with van der Waals surface area (Å²) in [5.74, 6) is 0.114. The lowest BCUT2D eigenvalue weighted by atomic mass is 10.2. The number of morpholine rings is 1. The average molecular weight is 448 g/mol. The minimum Gasteiger partial charge on any atom is -0.477 e. The van der Waals surface area contributed by atoms with Gasteiger partial charge in [0, 0.05) is 37.0 Å². The van der Waals surface area contributed by atoms with E-state index in [1.54, 1.807) is 24.4 Å². The number of carbonyl (C=O) groups is 1. The first kappa shape index (κ1) is 23.2. The van der Waals surface area contributed by atoms with Crippen molar-refractivity contribution in [3.8, 4) is 5.88 Å². The molecule has 1 aliphatic heterocycles. The van der Waals surface area contributed by atoms with E-state index in [1.807, 2.05) is 26.8 Å². The third-order valence-electron chi connectivity index (χ3n) is 4.85. The largest absolute Gasteiger partial charge is 0.477 e. The lowest BCUT2D eigenvalue weighted by Crippen LogP contribution is -2.48. The van der Waals surface area contributed by atoms with Gasteiger partial charge in [0.2, 0.25) is 15.9 Å². The van der Waals surface area contributed by atoms with Crippen LogP contribution in [0.4, 0.5) is 0 Å². The lowest BCUT2D eigenvalue weighted by Gasteiger charge is -2.34. The second-order valence-corrected chi connectivity index (χ2v) is 9.54. The summed E-state index contributed by atoms with van der Waals surface area (Å²) in [6.07, 6.45) is 2.12. The van der Waals surface area contributed by atoms with Crippen molar-refractivity contribution in [2.75, 3.05) is 19.7 Å². The molecule has 0 saturated carbocycles. The maximum absolute atomic E-state index is 13.1. The van der Waals surface area contributed by atoms with Gasteiger partial charge in [0.15, 0.2) is 0 Å². The highest BCUT2D eigenvalue weighted by atomic mass is 32.2. The van der Waals surface area contributed by atoms with E-state index in [2.05, 4.69) is 10.3 Å². The first-order valence-electron chi connectivity index (χ1n) is 10.4. The number of pyridine rings is 1. The number of nitrogens with zero attached hydrogens (tertiary/aromatic N) is 2. The normalized spacial score (nSPS) is 19.7. The molecule has 2 atom stereocenters. The van der Waals surface area contributed by atoms with E-state index in [4.69, 9.17) is 9.47 Å². The van der Waals surface area contributed by atoms with Crippen LogP contribution in [-0.4, -0.2) is 55.5 Å². The maximum Gasteiger partial charge on any atom is 0.251 e. The molecule has 1 fully saturated rings. The van der Waals surface area contributed by atoms with Gasteiger partial charge in [-0.25, -0.2) is 13.4 Å². The van der Waals surface area contributed by atoms with Crippen molar-refractivity contribution in [3.05, 3.63) is 53.7 Å². The van der Waals surface area contributed by atoms with Gasteiger partial charge in [-0.15, -0.1) is 0 Å². The standard InChI is InChI=1S/C22H29N3O5S/c1-4-11-29-22-19(8-6-10-23-22)13-24-21(26)18-7-5-9-20(12-18)31(27,28)25-14-16(2)30-17(3)15-25/h5-10,12,16-17H,4,11,13-15H2,1-3H3,(H,24,26). The summed E-state index contributed by atoms with van der Waals surface area (Å²) in [5.41, 5.74) is 1.03. The predicted octanol–water partition coefficient (Wildman–Crippen LogP) is 2.60. The molecule has 2 heterocycles. The minimum absolute atomic E-state index is 0.0924. The Morgan fingerprint density at radius 1 is 1.23 bits per heavy atom. The molecule has 168 valence electrons. The Hall–Kier alpha value is -2.49. The molecule has 9 heteroatoms. The zero-order valence-electron chi connectivity index (χ0n) is 18.1. The van der Waals surface area contributed by atoms with E-state index in [0.717, 1.165) is 12.0 Å². The number of rotatable bonds is 8. The summed E-state index contributed by atoms with van der Waals surface area (Å²) < 4.78 is 38.8. The van der Waals surface area contributed by atoms with Crippen LogP contribution in [0.2, 0.25) is 0 Å². The number of carbonyl (C=O) groups excluding carboxylic acids is 1. The minimum atomic E-state index is -3.72. The number of amides is 1. The van der Waals surface area contributed by atoms with Crippen LogP contribution in [0, 0.1) is 0 Å². The van der Waals surface area contributed by atoms with Gasteiger partial charge in [-0.05, 0) is 44.5 Å². The summed E-state index contributed by atoms with van der Waals surface area (Å²) in [4.78, 5) is 17.0. The topological polar surface area (TPSA) is 97.8 Å². The van der Waals surface area contributed by atoms with Gasteiger partial charge in [-0.2, -0.15) is 4.31 Å². The summed E-state index contributed by atoms with van der Waals surface area (Å²) in [6.45, 7) is 7.02. The molecule has 3 rings (SSSR count). The SMILES string of the molecule is CCCOc1ncccc1CNC(=O)c1cccc(S(=O)(=O)N2CC(C)OC(C)C2)c1. The molecular formula is C22H29N3O5S. The van der Waals surface area contributed by atoms with Crippen LogP contribution in [0.15, 0.2) is 47.5 Å². The molecule has 1 amide bonds. The highest BCUT2D eigenvalue weighted by molar-refractivity contribution is 7.89. The fraction of sp³-hybridized carbons (Fsp3) is 0.455. The van der Waals surface area contributed by atoms with E-state index in [-0.39, 0.29) is 48.2 Å². The molecule has 0 bridgehead atoms. The number of benzene rings is 1. The number of aromatic nitrogens is 1. The fourth-order valence-electron chi connectivity index (χ4n) is 3.44. The average Bonchev–Trinajstić information content (AvgIpc) is 2.76. The molecule has 0 radical (unpaired) electrons. The highest BCUT2D eigenvalue weighted by Gasteiger charge is 2.32. The van der Waals surface area contributed by atoms with Crippen LogP contribution in [-0.2, 0) is 21.3 Å². The van der Waals surface area contributed by atoms with Crippen LogP contribution in [0.25, 0.3) is 0 Å². The number of ether oxygens (including phenoxy) is 2. The lowest BCUT2D eigenvalue weighted by molar-refractivity contribution is -0.0440.